The number of nitrogens with one attached hydrogen (secondary N) is 2. The van der Waals surface area contributed by atoms with E-state index in [9.17, 15) is 10.1 Å². The summed E-state index contributed by atoms with van der Waals surface area (Å²) >= 11 is 0. The molecule has 1 saturated heterocycles. The molecule has 1 atom stereocenters. The summed E-state index contributed by atoms with van der Waals surface area (Å²) in [6.07, 6.45) is 4.05. The molecule has 8 nitrogen and oxygen atoms in total. The summed E-state index contributed by atoms with van der Waals surface area (Å²) in [4.78, 5) is 18.8. The van der Waals surface area contributed by atoms with Crippen LogP contribution in [-0.4, -0.2) is 40.7 Å². The summed E-state index contributed by atoms with van der Waals surface area (Å²) < 4.78 is 5.36. The topological polar surface area (TPSA) is 102 Å². The molecule has 1 fully saturated rings. The fourth-order valence-electron chi connectivity index (χ4n) is 2.08. The summed E-state index contributed by atoms with van der Waals surface area (Å²) in [7, 11) is 0. The van der Waals surface area contributed by atoms with Gasteiger partial charge in [-0.15, -0.1) is 0 Å². The molecule has 0 bridgehead atoms. The van der Waals surface area contributed by atoms with Gasteiger partial charge in [-0.1, -0.05) is 6.92 Å². The van der Waals surface area contributed by atoms with Crippen LogP contribution in [-0.2, 0) is 4.74 Å². The maximum Gasteiger partial charge on any atom is 0.353 e. The van der Waals surface area contributed by atoms with E-state index in [1.807, 2.05) is 6.92 Å². The van der Waals surface area contributed by atoms with Crippen LogP contribution in [0.4, 0.5) is 17.3 Å². The molecule has 1 aromatic heterocycles. The lowest BCUT2D eigenvalue weighted by atomic mass is 10.1. The molecular formula is C12H19N5O3. The van der Waals surface area contributed by atoms with Gasteiger partial charge in [0.1, 0.15) is 6.33 Å². The van der Waals surface area contributed by atoms with Crippen molar-refractivity contribution in [2.24, 2.45) is 0 Å². The van der Waals surface area contributed by atoms with E-state index in [-0.39, 0.29) is 23.4 Å². The highest BCUT2D eigenvalue weighted by Crippen LogP contribution is 2.29. The number of nitro groups is 1. The van der Waals surface area contributed by atoms with Crippen molar-refractivity contribution in [2.45, 2.75) is 32.2 Å². The average molecular weight is 281 g/mol. The largest absolute Gasteiger partial charge is 0.379 e. The highest BCUT2D eigenvalue weighted by molar-refractivity contribution is 5.69. The van der Waals surface area contributed by atoms with E-state index in [0.29, 0.717) is 13.2 Å². The second kappa shape index (κ2) is 6.99. The summed E-state index contributed by atoms with van der Waals surface area (Å²) in [5.74, 6) is 0.505. The molecule has 1 aliphatic rings. The molecule has 2 N–H and O–H groups in total. The van der Waals surface area contributed by atoms with Crippen LogP contribution in [0.1, 0.15) is 26.2 Å². The van der Waals surface area contributed by atoms with Crippen molar-refractivity contribution in [3.8, 4) is 0 Å². The van der Waals surface area contributed by atoms with Crippen LogP contribution in [0, 0.1) is 10.1 Å². The Hall–Kier alpha value is -1.96. The Kier molecular flexibility index (Phi) is 5.05. The molecule has 0 aliphatic carbocycles. The third-order valence-electron chi connectivity index (χ3n) is 3.05. The van der Waals surface area contributed by atoms with Crippen molar-refractivity contribution in [1.29, 1.82) is 0 Å². The van der Waals surface area contributed by atoms with E-state index >= 15 is 0 Å². The molecule has 0 spiro atoms. The summed E-state index contributed by atoms with van der Waals surface area (Å²) in [5.41, 5.74) is -0.105. The van der Waals surface area contributed by atoms with E-state index in [1.165, 1.54) is 6.33 Å². The first kappa shape index (κ1) is 14.4. The molecule has 2 heterocycles. The minimum Gasteiger partial charge on any atom is -0.379 e. The fraction of sp³-hybridized carbons (Fsp3) is 0.667. The molecule has 1 aromatic rings. The van der Waals surface area contributed by atoms with Gasteiger partial charge in [0.15, 0.2) is 0 Å². The van der Waals surface area contributed by atoms with Crippen LogP contribution in [0.5, 0.6) is 0 Å². The number of ether oxygens (including phenoxy) is 1. The van der Waals surface area contributed by atoms with E-state index in [4.69, 9.17) is 4.74 Å². The average Bonchev–Trinajstić information content (AvgIpc) is 2.46. The Morgan fingerprint density at radius 2 is 2.30 bits per heavy atom. The summed E-state index contributed by atoms with van der Waals surface area (Å²) in [6, 6.07) is 0.0522. The third-order valence-corrected chi connectivity index (χ3v) is 3.05. The van der Waals surface area contributed by atoms with Crippen molar-refractivity contribution in [2.75, 3.05) is 30.4 Å². The van der Waals surface area contributed by atoms with Gasteiger partial charge in [-0.05, 0) is 19.3 Å². The first-order valence-corrected chi connectivity index (χ1v) is 6.80. The smallest absolute Gasteiger partial charge is 0.353 e. The molecule has 8 heteroatoms. The van der Waals surface area contributed by atoms with Gasteiger partial charge in [-0.2, -0.15) is 0 Å². The first-order chi connectivity index (χ1) is 9.72. The van der Waals surface area contributed by atoms with E-state index in [0.717, 1.165) is 25.9 Å². The minimum atomic E-state index is -0.454. The second-order valence-corrected chi connectivity index (χ2v) is 4.66. The van der Waals surface area contributed by atoms with Crippen LogP contribution < -0.4 is 10.6 Å². The highest BCUT2D eigenvalue weighted by atomic mass is 16.6. The molecule has 1 aliphatic heterocycles. The molecule has 1 unspecified atom stereocenters. The van der Waals surface area contributed by atoms with Gasteiger partial charge >= 0.3 is 5.69 Å². The Bertz CT molecular complexity index is 462. The number of anilines is 2. The highest BCUT2D eigenvalue weighted by Gasteiger charge is 2.25. The van der Waals surface area contributed by atoms with Crippen molar-refractivity contribution >= 4 is 17.3 Å². The van der Waals surface area contributed by atoms with Crippen LogP contribution in [0.3, 0.4) is 0 Å². The van der Waals surface area contributed by atoms with Crippen molar-refractivity contribution in [3.05, 3.63) is 16.4 Å². The molecule has 0 saturated carbocycles. The van der Waals surface area contributed by atoms with Gasteiger partial charge in [0.05, 0.1) is 17.6 Å². The maximum atomic E-state index is 11.3. The molecule has 2 rings (SSSR count). The lowest BCUT2D eigenvalue weighted by molar-refractivity contribution is -0.383. The standard InChI is InChI=1S/C12H19N5O3/c1-2-5-13-11-10(17(18)19)12(15-8-14-11)16-9-4-3-6-20-7-9/h8-9H,2-7H2,1H3,(H2,13,14,15,16). The zero-order chi connectivity index (χ0) is 14.4. The van der Waals surface area contributed by atoms with E-state index < -0.39 is 4.92 Å². The van der Waals surface area contributed by atoms with Crippen molar-refractivity contribution in [1.82, 2.24) is 9.97 Å². The van der Waals surface area contributed by atoms with E-state index in [1.54, 1.807) is 0 Å². The maximum absolute atomic E-state index is 11.3. The Morgan fingerprint density at radius 3 is 2.95 bits per heavy atom. The second-order valence-electron chi connectivity index (χ2n) is 4.66. The van der Waals surface area contributed by atoms with Crippen LogP contribution >= 0.6 is 0 Å². The lowest BCUT2D eigenvalue weighted by Gasteiger charge is -2.23. The fourth-order valence-corrected chi connectivity index (χ4v) is 2.08. The van der Waals surface area contributed by atoms with Gasteiger partial charge in [0, 0.05) is 13.2 Å². The van der Waals surface area contributed by atoms with Crippen molar-refractivity contribution in [3.63, 3.8) is 0 Å². The van der Waals surface area contributed by atoms with E-state index in [2.05, 4.69) is 20.6 Å². The van der Waals surface area contributed by atoms with Crippen LogP contribution in [0.2, 0.25) is 0 Å². The van der Waals surface area contributed by atoms with Gasteiger partial charge in [-0.25, -0.2) is 9.97 Å². The normalized spacial score (nSPS) is 18.6. The lowest BCUT2D eigenvalue weighted by Crippen LogP contribution is -2.30. The minimum absolute atomic E-state index is 0.0522. The zero-order valence-electron chi connectivity index (χ0n) is 11.5. The predicted molar refractivity (Wildman–Crippen MR) is 74.9 cm³/mol. The third kappa shape index (κ3) is 3.53. The summed E-state index contributed by atoms with van der Waals surface area (Å²) in [5, 5.41) is 17.3. The molecule has 0 amide bonds. The van der Waals surface area contributed by atoms with Crippen LogP contribution in [0.15, 0.2) is 6.33 Å². The molecule has 0 aromatic carbocycles. The van der Waals surface area contributed by atoms with Crippen molar-refractivity contribution < 1.29 is 9.66 Å². The monoisotopic (exact) mass is 281 g/mol. The Morgan fingerprint density at radius 1 is 1.50 bits per heavy atom. The number of hydrogen-bond acceptors (Lipinski definition) is 7. The zero-order valence-corrected chi connectivity index (χ0v) is 11.5. The SMILES string of the molecule is CCCNc1ncnc(NC2CCCOC2)c1[N+](=O)[O-]. The number of hydrogen-bond donors (Lipinski definition) is 2. The molecular weight excluding hydrogens is 262 g/mol. The Labute approximate surface area is 117 Å². The number of nitrogens with zero attached hydrogens (tertiary/aromatic N) is 3. The first-order valence-electron chi connectivity index (χ1n) is 6.80. The molecule has 0 radical (unpaired) electrons. The number of rotatable bonds is 6. The predicted octanol–water partition coefficient (Wildman–Crippen LogP) is 1.80. The van der Waals surface area contributed by atoms with Gasteiger partial charge in [0.2, 0.25) is 11.6 Å². The summed E-state index contributed by atoms with van der Waals surface area (Å²) in [6.45, 7) is 3.90. The number of aromatic nitrogens is 2. The van der Waals surface area contributed by atoms with Gasteiger partial charge < -0.3 is 15.4 Å². The molecule has 110 valence electrons. The Balaban J connectivity index is 2.19. The van der Waals surface area contributed by atoms with Gasteiger partial charge in [-0.3, -0.25) is 10.1 Å². The molecule has 20 heavy (non-hydrogen) atoms. The van der Waals surface area contributed by atoms with Gasteiger partial charge in [0.25, 0.3) is 0 Å². The van der Waals surface area contributed by atoms with Crippen LogP contribution in [0.25, 0.3) is 0 Å². The quantitative estimate of drug-likeness (QED) is 0.605.